The van der Waals surface area contributed by atoms with Gasteiger partial charge in [0.05, 0.1) is 12.2 Å². The van der Waals surface area contributed by atoms with Crippen molar-refractivity contribution in [2.45, 2.75) is 13.8 Å². The molecule has 0 saturated carbocycles. The van der Waals surface area contributed by atoms with Crippen LogP contribution >= 0.6 is 0 Å². The smallest absolute Gasteiger partial charge is 0.137 e. The van der Waals surface area contributed by atoms with Crippen LogP contribution in [0, 0.1) is 17.2 Å². The molecule has 0 bridgehead atoms. The minimum atomic E-state index is 0.478. The topological polar surface area (TPSA) is 33.0 Å². The van der Waals surface area contributed by atoms with Gasteiger partial charge in [0.25, 0.3) is 0 Å². The first-order valence-electron chi connectivity index (χ1n) is 4.36. The Morgan fingerprint density at radius 2 is 2.08 bits per heavy atom. The number of nitriles is 1. The molecule has 0 atom stereocenters. The van der Waals surface area contributed by atoms with Crippen LogP contribution in [0.1, 0.15) is 19.4 Å². The predicted octanol–water partition coefficient (Wildman–Crippen LogP) is 2.59. The molecule has 0 saturated heterocycles. The Balaban J connectivity index is 2.71. The van der Waals surface area contributed by atoms with Crippen molar-refractivity contribution < 1.29 is 4.74 Å². The highest BCUT2D eigenvalue weighted by molar-refractivity contribution is 5.42. The van der Waals surface area contributed by atoms with Gasteiger partial charge in [-0.2, -0.15) is 5.26 Å². The third kappa shape index (κ3) is 2.79. The van der Waals surface area contributed by atoms with E-state index >= 15 is 0 Å². The monoisotopic (exact) mass is 175 g/mol. The van der Waals surface area contributed by atoms with Gasteiger partial charge in [-0.25, -0.2) is 0 Å². The number of benzene rings is 1. The van der Waals surface area contributed by atoms with Crippen LogP contribution in [-0.2, 0) is 0 Å². The first-order chi connectivity index (χ1) is 6.24. The normalized spacial score (nSPS) is 9.69. The maximum Gasteiger partial charge on any atom is 0.137 e. The van der Waals surface area contributed by atoms with E-state index < -0.39 is 0 Å². The maximum absolute atomic E-state index is 8.75. The lowest BCUT2D eigenvalue weighted by Gasteiger charge is -2.09. The maximum atomic E-state index is 8.75. The fraction of sp³-hybridized carbons (Fsp3) is 0.364. The molecular formula is C11H13NO. The van der Waals surface area contributed by atoms with Crippen molar-refractivity contribution in [2.75, 3.05) is 6.61 Å². The van der Waals surface area contributed by atoms with Crippen LogP contribution in [0.3, 0.4) is 0 Å². The van der Waals surface area contributed by atoms with Crippen molar-refractivity contribution >= 4 is 0 Å². The highest BCUT2D eigenvalue weighted by atomic mass is 16.5. The third-order valence-corrected chi connectivity index (χ3v) is 1.58. The quantitative estimate of drug-likeness (QED) is 0.707. The summed E-state index contributed by atoms with van der Waals surface area (Å²) in [5, 5.41) is 8.75. The molecule has 0 aliphatic heterocycles. The molecule has 0 spiro atoms. The van der Waals surface area contributed by atoms with E-state index in [4.69, 9.17) is 10.00 Å². The van der Waals surface area contributed by atoms with Crippen molar-refractivity contribution in [3.05, 3.63) is 29.8 Å². The average molecular weight is 175 g/mol. The van der Waals surface area contributed by atoms with E-state index in [1.165, 1.54) is 0 Å². The molecule has 0 radical (unpaired) electrons. The van der Waals surface area contributed by atoms with Gasteiger partial charge in [0, 0.05) is 0 Å². The Kier molecular flexibility index (Phi) is 3.33. The van der Waals surface area contributed by atoms with Crippen LogP contribution in [0.5, 0.6) is 5.75 Å². The van der Waals surface area contributed by atoms with Gasteiger partial charge in [0.15, 0.2) is 0 Å². The van der Waals surface area contributed by atoms with Gasteiger partial charge in [-0.05, 0) is 18.1 Å². The minimum absolute atomic E-state index is 0.478. The van der Waals surface area contributed by atoms with E-state index in [1.54, 1.807) is 6.07 Å². The molecule has 0 aliphatic carbocycles. The van der Waals surface area contributed by atoms with Crippen molar-refractivity contribution in [3.63, 3.8) is 0 Å². The molecule has 68 valence electrons. The molecule has 0 aliphatic rings. The highest BCUT2D eigenvalue weighted by Gasteiger charge is 2.01. The molecule has 1 rings (SSSR count). The summed E-state index contributed by atoms with van der Waals surface area (Å²) in [6, 6.07) is 9.38. The zero-order valence-corrected chi connectivity index (χ0v) is 7.95. The number of rotatable bonds is 3. The lowest BCUT2D eigenvalue weighted by Crippen LogP contribution is -2.05. The number of hydrogen-bond acceptors (Lipinski definition) is 2. The van der Waals surface area contributed by atoms with Gasteiger partial charge in [0.1, 0.15) is 11.8 Å². The zero-order chi connectivity index (χ0) is 9.68. The number of para-hydroxylation sites is 1. The molecule has 0 heterocycles. The van der Waals surface area contributed by atoms with Gasteiger partial charge >= 0.3 is 0 Å². The van der Waals surface area contributed by atoms with Gasteiger partial charge in [-0.1, -0.05) is 26.0 Å². The lowest BCUT2D eigenvalue weighted by atomic mass is 10.2. The second-order valence-corrected chi connectivity index (χ2v) is 3.31. The second-order valence-electron chi connectivity index (χ2n) is 3.31. The highest BCUT2D eigenvalue weighted by Crippen LogP contribution is 2.16. The molecule has 1 aromatic carbocycles. The van der Waals surface area contributed by atoms with Crippen LogP contribution < -0.4 is 4.74 Å². The fourth-order valence-electron chi connectivity index (χ4n) is 0.941. The molecule has 0 N–H and O–H groups in total. The lowest BCUT2D eigenvalue weighted by molar-refractivity contribution is 0.270. The summed E-state index contributed by atoms with van der Waals surface area (Å²) in [6.07, 6.45) is 0. The van der Waals surface area contributed by atoms with Crippen molar-refractivity contribution in [1.29, 1.82) is 5.26 Å². The van der Waals surface area contributed by atoms with Crippen molar-refractivity contribution in [3.8, 4) is 11.8 Å². The van der Waals surface area contributed by atoms with Crippen LogP contribution in [-0.4, -0.2) is 6.61 Å². The first-order valence-corrected chi connectivity index (χ1v) is 4.36. The van der Waals surface area contributed by atoms with E-state index in [0.717, 1.165) is 0 Å². The Bertz CT molecular complexity index is 312. The van der Waals surface area contributed by atoms with Crippen molar-refractivity contribution in [1.82, 2.24) is 0 Å². The van der Waals surface area contributed by atoms with Crippen LogP contribution in [0.2, 0.25) is 0 Å². The number of hydrogen-bond donors (Lipinski definition) is 0. The van der Waals surface area contributed by atoms with E-state index in [9.17, 15) is 0 Å². The predicted molar refractivity (Wildman–Crippen MR) is 51.5 cm³/mol. The standard InChI is InChI=1S/C11H13NO/c1-9(2)8-13-11-6-4-3-5-10(11)7-12/h3-6,9H,8H2,1-2H3. The largest absolute Gasteiger partial charge is 0.492 e. The molecule has 0 unspecified atom stereocenters. The summed E-state index contributed by atoms with van der Waals surface area (Å²) in [5.41, 5.74) is 0.600. The Morgan fingerprint density at radius 3 is 2.69 bits per heavy atom. The van der Waals surface area contributed by atoms with E-state index in [2.05, 4.69) is 19.9 Å². The summed E-state index contributed by atoms with van der Waals surface area (Å²) in [7, 11) is 0. The molecule has 0 fully saturated rings. The first kappa shape index (κ1) is 9.60. The van der Waals surface area contributed by atoms with Crippen LogP contribution in [0.15, 0.2) is 24.3 Å². The summed E-state index contributed by atoms with van der Waals surface area (Å²) in [6.45, 7) is 4.81. The molecule has 2 heteroatoms. The summed E-state index contributed by atoms with van der Waals surface area (Å²) in [4.78, 5) is 0. The van der Waals surface area contributed by atoms with Gasteiger partial charge in [-0.15, -0.1) is 0 Å². The Morgan fingerprint density at radius 1 is 1.38 bits per heavy atom. The minimum Gasteiger partial charge on any atom is -0.492 e. The number of nitrogens with zero attached hydrogens (tertiary/aromatic N) is 1. The van der Waals surface area contributed by atoms with E-state index in [1.807, 2.05) is 18.2 Å². The Labute approximate surface area is 78.8 Å². The van der Waals surface area contributed by atoms with Crippen molar-refractivity contribution in [2.24, 2.45) is 5.92 Å². The van der Waals surface area contributed by atoms with Gasteiger partial charge in [0.2, 0.25) is 0 Å². The third-order valence-electron chi connectivity index (χ3n) is 1.58. The summed E-state index contributed by atoms with van der Waals surface area (Å²) < 4.78 is 5.47. The van der Waals surface area contributed by atoms with Crippen LogP contribution in [0.4, 0.5) is 0 Å². The molecule has 2 nitrogen and oxygen atoms in total. The second kappa shape index (κ2) is 4.51. The molecule has 13 heavy (non-hydrogen) atoms. The molecule has 0 aromatic heterocycles. The van der Waals surface area contributed by atoms with Gasteiger partial charge < -0.3 is 4.74 Å². The molecule has 1 aromatic rings. The summed E-state index contributed by atoms with van der Waals surface area (Å²) in [5.74, 6) is 1.16. The molecule has 0 amide bonds. The SMILES string of the molecule is CC(C)COc1ccccc1C#N. The van der Waals surface area contributed by atoms with E-state index in [0.29, 0.717) is 23.8 Å². The zero-order valence-electron chi connectivity index (χ0n) is 7.95. The summed E-state index contributed by atoms with van der Waals surface area (Å²) >= 11 is 0. The van der Waals surface area contributed by atoms with E-state index in [-0.39, 0.29) is 0 Å². The van der Waals surface area contributed by atoms with Gasteiger partial charge in [-0.3, -0.25) is 0 Å². The average Bonchev–Trinajstić information content (AvgIpc) is 2.15. The van der Waals surface area contributed by atoms with Crippen LogP contribution in [0.25, 0.3) is 0 Å². The molecular weight excluding hydrogens is 162 g/mol. The number of ether oxygens (including phenoxy) is 1. The Hall–Kier alpha value is -1.49. The fourth-order valence-corrected chi connectivity index (χ4v) is 0.941.